The maximum Gasteiger partial charge on any atom is 0.0314 e. The molecule has 0 aromatic carbocycles. The van der Waals surface area contributed by atoms with Crippen molar-refractivity contribution < 1.29 is 0 Å². The number of likely N-dealkylation sites (N-methyl/N-ethyl adjacent to an activating group) is 1. The number of rotatable bonds is 2. The van der Waals surface area contributed by atoms with Gasteiger partial charge in [0.15, 0.2) is 0 Å². The molecule has 12 heavy (non-hydrogen) atoms. The van der Waals surface area contributed by atoms with E-state index in [1.54, 1.807) is 0 Å². The second-order valence-electron chi connectivity index (χ2n) is 4.71. The molecular formula is C10H22N2. The first kappa shape index (κ1) is 10.0. The smallest absolute Gasteiger partial charge is 0.0314 e. The topological polar surface area (TPSA) is 6.48 Å². The predicted molar refractivity (Wildman–Crippen MR) is 53.4 cm³/mol. The van der Waals surface area contributed by atoms with Crippen LogP contribution in [0, 0.1) is 0 Å². The van der Waals surface area contributed by atoms with Gasteiger partial charge in [0.1, 0.15) is 0 Å². The fourth-order valence-electron chi connectivity index (χ4n) is 1.79. The zero-order valence-corrected chi connectivity index (χ0v) is 9.09. The molecule has 2 nitrogen and oxygen atoms in total. The Balaban J connectivity index is 2.55. The first-order valence-electron chi connectivity index (χ1n) is 4.87. The number of hydrogen-bond acceptors (Lipinski definition) is 2. The Morgan fingerprint density at radius 1 is 1.33 bits per heavy atom. The summed E-state index contributed by atoms with van der Waals surface area (Å²) in [6.45, 7) is 9.39. The van der Waals surface area contributed by atoms with Crippen molar-refractivity contribution in [1.29, 1.82) is 0 Å². The van der Waals surface area contributed by atoms with Gasteiger partial charge in [-0.2, -0.15) is 0 Å². The molecule has 0 saturated carbocycles. The molecule has 0 N–H and O–H groups in total. The largest absolute Gasteiger partial charge is 0.303 e. The van der Waals surface area contributed by atoms with Crippen LogP contribution in [-0.4, -0.2) is 48.6 Å². The zero-order valence-electron chi connectivity index (χ0n) is 9.09. The van der Waals surface area contributed by atoms with Crippen molar-refractivity contribution in [3.8, 4) is 0 Å². The van der Waals surface area contributed by atoms with Crippen LogP contribution < -0.4 is 0 Å². The highest BCUT2D eigenvalue weighted by molar-refractivity contribution is 4.94. The van der Waals surface area contributed by atoms with Gasteiger partial charge in [0.2, 0.25) is 0 Å². The molecule has 1 heterocycles. The van der Waals surface area contributed by atoms with Crippen LogP contribution in [0.2, 0.25) is 0 Å². The molecule has 1 saturated heterocycles. The average Bonchev–Trinajstić information content (AvgIpc) is 2.33. The van der Waals surface area contributed by atoms with Crippen molar-refractivity contribution in [2.45, 2.75) is 38.8 Å². The molecule has 1 aliphatic heterocycles. The summed E-state index contributed by atoms with van der Waals surface area (Å²) in [5.74, 6) is 0. The van der Waals surface area contributed by atoms with Crippen molar-refractivity contribution in [3.05, 3.63) is 0 Å². The molecular weight excluding hydrogens is 148 g/mol. The van der Waals surface area contributed by atoms with Gasteiger partial charge in [-0.1, -0.05) is 0 Å². The van der Waals surface area contributed by atoms with E-state index in [9.17, 15) is 0 Å². The molecule has 0 bridgehead atoms. The van der Waals surface area contributed by atoms with E-state index >= 15 is 0 Å². The third-order valence-electron chi connectivity index (χ3n) is 3.29. The third kappa shape index (κ3) is 1.80. The highest BCUT2D eigenvalue weighted by Gasteiger charge is 2.36. The molecule has 0 radical (unpaired) electrons. The van der Waals surface area contributed by atoms with E-state index in [0.29, 0.717) is 11.6 Å². The van der Waals surface area contributed by atoms with Gasteiger partial charge in [-0.05, 0) is 41.3 Å². The van der Waals surface area contributed by atoms with Crippen molar-refractivity contribution in [1.82, 2.24) is 9.80 Å². The van der Waals surface area contributed by atoms with Gasteiger partial charge in [-0.25, -0.2) is 0 Å². The summed E-state index contributed by atoms with van der Waals surface area (Å²) in [4.78, 5) is 4.91. The minimum atomic E-state index is 0.407. The summed E-state index contributed by atoms with van der Waals surface area (Å²) in [6.07, 6.45) is 1.30. The lowest BCUT2D eigenvalue weighted by Crippen LogP contribution is -2.44. The van der Waals surface area contributed by atoms with Crippen molar-refractivity contribution in [2.24, 2.45) is 0 Å². The molecule has 1 fully saturated rings. The Morgan fingerprint density at radius 2 is 1.92 bits per heavy atom. The highest BCUT2D eigenvalue weighted by atomic mass is 15.3. The summed E-state index contributed by atoms with van der Waals surface area (Å²) in [6, 6.07) is 0.701. The Labute approximate surface area is 76.5 Å². The molecule has 1 unspecified atom stereocenters. The molecule has 0 spiro atoms. The highest BCUT2D eigenvalue weighted by Crippen LogP contribution is 2.26. The van der Waals surface area contributed by atoms with Gasteiger partial charge < -0.3 is 4.90 Å². The summed E-state index contributed by atoms with van der Waals surface area (Å²) in [7, 11) is 4.37. The number of hydrogen-bond donors (Lipinski definition) is 0. The number of nitrogens with zero attached hydrogens (tertiary/aromatic N) is 2. The minimum absolute atomic E-state index is 0.407. The third-order valence-corrected chi connectivity index (χ3v) is 3.29. The van der Waals surface area contributed by atoms with E-state index in [2.05, 4.69) is 44.7 Å². The lowest BCUT2D eigenvalue weighted by atomic mass is 10.0. The Bertz CT molecular complexity index is 154. The minimum Gasteiger partial charge on any atom is -0.303 e. The SMILES string of the molecule is CC(C)N1CCC(C)(N(C)C)C1. The average molecular weight is 170 g/mol. The summed E-state index contributed by atoms with van der Waals surface area (Å²) in [5, 5.41) is 0. The first-order valence-corrected chi connectivity index (χ1v) is 4.87. The molecule has 0 amide bonds. The van der Waals surface area contributed by atoms with Crippen molar-refractivity contribution >= 4 is 0 Å². The molecule has 1 atom stereocenters. The van der Waals surface area contributed by atoms with E-state index in [1.807, 2.05) is 0 Å². The lowest BCUT2D eigenvalue weighted by molar-refractivity contribution is 0.162. The van der Waals surface area contributed by atoms with Crippen LogP contribution in [0.1, 0.15) is 27.2 Å². The maximum absolute atomic E-state index is 2.56. The summed E-state index contributed by atoms with van der Waals surface area (Å²) in [5.41, 5.74) is 0.407. The second-order valence-corrected chi connectivity index (χ2v) is 4.71. The van der Waals surface area contributed by atoms with Crippen LogP contribution in [0.4, 0.5) is 0 Å². The van der Waals surface area contributed by atoms with Crippen molar-refractivity contribution in [2.75, 3.05) is 27.2 Å². The lowest BCUT2D eigenvalue weighted by Gasteiger charge is -2.33. The molecule has 1 rings (SSSR count). The van der Waals surface area contributed by atoms with E-state index in [4.69, 9.17) is 0 Å². The van der Waals surface area contributed by atoms with Crippen LogP contribution >= 0.6 is 0 Å². The molecule has 0 aliphatic carbocycles. The van der Waals surface area contributed by atoms with Gasteiger partial charge in [0.05, 0.1) is 0 Å². The van der Waals surface area contributed by atoms with E-state index in [1.165, 1.54) is 19.5 Å². The molecule has 0 aromatic heterocycles. The van der Waals surface area contributed by atoms with Gasteiger partial charge in [-0.15, -0.1) is 0 Å². The predicted octanol–water partition coefficient (Wildman–Crippen LogP) is 1.42. The second kappa shape index (κ2) is 3.35. The maximum atomic E-state index is 2.56. The van der Waals surface area contributed by atoms with Crippen LogP contribution in [0.15, 0.2) is 0 Å². The number of likely N-dealkylation sites (tertiary alicyclic amines) is 1. The Morgan fingerprint density at radius 3 is 2.17 bits per heavy atom. The van der Waals surface area contributed by atoms with E-state index < -0.39 is 0 Å². The van der Waals surface area contributed by atoms with Gasteiger partial charge in [0, 0.05) is 24.7 Å². The summed E-state index contributed by atoms with van der Waals surface area (Å²) < 4.78 is 0. The van der Waals surface area contributed by atoms with Crippen LogP contribution in [0.25, 0.3) is 0 Å². The molecule has 1 aliphatic rings. The molecule has 2 heteroatoms. The fourth-order valence-corrected chi connectivity index (χ4v) is 1.79. The first-order chi connectivity index (χ1) is 5.46. The van der Waals surface area contributed by atoms with Crippen LogP contribution in [0.3, 0.4) is 0 Å². The van der Waals surface area contributed by atoms with E-state index in [-0.39, 0.29) is 0 Å². The van der Waals surface area contributed by atoms with Gasteiger partial charge in [-0.3, -0.25) is 4.90 Å². The van der Waals surface area contributed by atoms with E-state index in [0.717, 1.165) is 0 Å². The quantitative estimate of drug-likeness (QED) is 0.618. The molecule has 0 aromatic rings. The normalized spacial score (nSPS) is 32.2. The summed E-state index contributed by atoms with van der Waals surface area (Å²) >= 11 is 0. The van der Waals surface area contributed by atoms with Gasteiger partial charge >= 0.3 is 0 Å². The Kier molecular flexibility index (Phi) is 2.79. The fraction of sp³-hybridized carbons (Fsp3) is 1.00. The van der Waals surface area contributed by atoms with Crippen LogP contribution in [-0.2, 0) is 0 Å². The van der Waals surface area contributed by atoms with Gasteiger partial charge in [0.25, 0.3) is 0 Å². The molecule has 72 valence electrons. The zero-order chi connectivity index (χ0) is 9.35. The monoisotopic (exact) mass is 170 g/mol. The Hall–Kier alpha value is -0.0800. The van der Waals surface area contributed by atoms with Crippen molar-refractivity contribution in [3.63, 3.8) is 0 Å². The van der Waals surface area contributed by atoms with Crippen LogP contribution in [0.5, 0.6) is 0 Å². The standard InChI is InChI=1S/C10H22N2/c1-9(2)12-7-6-10(3,8-12)11(4)5/h9H,6-8H2,1-5H3.